The summed E-state index contributed by atoms with van der Waals surface area (Å²) in [4.78, 5) is 13.3. The van der Waals surface area contributed by atoms with E-state index in [1.807, 2.05) is 0 Å². The zero-order chi connectivity index (χ0) is 21.3. The summed E-state index contributed by atoms with van der Waals surface area (Å²) in [6.07, 6.45) is -7.20. The smallest absolute Gasteiger partial charge is 0.493 e. The lowest BCUT2D eigenvalue weighted by Crippen LogP contribution is -2.30. The van der Waals surface area contributed by atoms with Crippen molar-refractivity contribution in [1.29, 1.82) is 0 Å². The predicted octanol–water partition coefficient (Wildman–Crippen LogP) is 4.68. The first-order valence-corrected chi connectivity index (χ1v) is 8.42. The van der Waals surface area contributed by atoms with E-state index in [1.54, 1.807) is 0 Å². The largest absolute Gasteiger partial charge is 0.573 e. The van der Waals surface area contributed by atoms with Gasteiger partial charge in [-0.1, -0.05) is 12.1 Å². The van der Waals surface area contributed by atoms with Gasteiger partial charge in [0.1, 0.15) is 11.6 Å². The molecule has 1 aliphatic rings. The highest BCUT2D eigenvalue weighted by molar-refractivity contribution is 5.84. The molecule has 29 heavy (non-hydrogen) atoms. The van der Waals surface area contributed by atoms with Gasteiger partial charge in [0.25, 0.3) is 5.91 Å². The SMILES string of the molecule is COc1c(F)ccc(F)c1[C@H]1C[C@H](F)C(=O)N1Cc1ccc(OC(F)(F)F)cc1. The first kappa shape index (κ1) is 20.8. The molecule has 0 spiro atoms. The van der Waals surface area contributed by atoms with Crippen molar-refractivity contribution in [2.45, 2.75) is 31.5 Å². The van der Waals surface area contributed by atoms with Crippen molar-refractivity contribution in [3.8, 4) is 11.5 Å². The molecule has 0 unspecified atom stereocenters. The molecule has 156 valence electrons. The van der Waals surface area contributed by atoms with Gasteiger partial charge < -0.3 is 14.4 Å². The molecule has 2 atom stereocenters. The molecule has 1 fully saturated rings. The van der Waals surface area contributed by atoms with Gasteiger partial charge in [-0.25, -0.2) is 13.2 Å². The second-order valence-electron chi connectivity index (χ2n) is 6.35. The molecule has 1 amide bonds. The normalized spacial score (nSPS) is 19.6. The van der Waals surface area contributed by atoms with Crippen LogP contribution in [-0.2, 0) is 11.3 Å². The summed E-state index contributed by atoms with van der Waals surface area (Å²) < 4.78 is 88.0. The molecule has 0 N–H and O–H groups in total. The van der Waals surface area contributed by atoms with Crippen molar-refractivity contribution in [3.05, 3.63) is 59.2 Å². The fraction of sp³-hybridized carbons (Fsp3) is 0.316. The third-order valence-electron chi connectivity index (χ3n) is 4.50. The van der Waals surface area contributed by atoms with Crippen LogP contribution in [0.2, 0.25) is 0 Å². The number of likely N-dealkylation sites (tertiary alicyclic amines) is 1. The summed E-state index contributed by atoms with van der Waals surface area (Å²) in [5.41, 5.74) is 0.0563. The number of alkyl halides is 4. The second kappa shape index (κ2) is 7.84. The van der Waals surface area contributed by atoms with E-state index in [4.69, 9.17) is 4.74 Å². The van der Waals surface area contributed by atoms with E-state index in [0.29, 0.717) is 5.56 Å². The number of rotatable bonds is 5. The van der Waals surface area contributed by atoms with Crippen LogP contribution in [-0.4, -0.2) is 30.5 Å². The van der Waals surface area contributed by atoms with Crippen molar-refractivity contribution < 1.29 is 40.6 Å². The van der Waals surface area contributed by atoms with Gasteiger partial charge in [-0.3, -0.25) is 4.79 Å². The van der Waals surface area contributed by atoms with Crippen molar-refractivity contribution in [2.75, 3.05) is 7.11 Å². The van der Waals surface area contributed by atoms with Crippen LogP contribution in [0.25, 0.3) is 0 Å². The Labute approximate surface area is 161 Å². The third kappa shape index (κ3) is 4.41. The number of methoxy groups -OCH3 is 1. The highest BCUT2D eigenvalue weighted by Crippen LogP contribution is 2.42. The molecule has 1 saturated heterocycles. The molecule has 1 heterocycles. The van der Waals surface area contributed by atoms with E-state index in [0.717, 1.165) is 36.3 Å². The zero-order valence-corrected chi connectivity index (χ0v) is 15.0. The van der Waals surface area contributed by atoms with Crippen LogP contribution in [0.5, 0.6) is 11.5 Å². The summed E-state index contributed by atoms with van der Waals surface area (Å²) in [5.74, 6) is -3.57. The Morgan fingerprint density at radius 2 is 1.69 bits per heavy atom. The highest BCUT2D eigenvalue weighted by Gasteiger charge is 2.43. The van der Waals surface area contributed by atoms with Gasteiger partial charge in [0, 0.05) is 13.0 Å². The Kier molecular flexibility index (Phi) is 5.63. The van der Waals surface area contributed by atoms with Crippen molar-refractivity contribution in [1.82, 2.24) is 4.90 Å². The maximum atomic E-state index is 14.4. The molecule has 1 aliphatic heterocycles. The van der Waals surface area contributed by atoms with E-state index in [1.165, 1.54) is 12.1 Å². The monoisotopic (exact) mass is 419 g/mol. The quantitative estimate of drug-likeness (QED) is 0.661. The Morgan fingerprint density at radius 3 is 2.28 bits per heavy atom. The van der Waals surface area contributed by atoms with Gasteiger partial charge in [-0.15, -0.1) is 13.2 Å². The fourth-order valence-electron chi connectivity index (χ4n) is 3.28. The molecule has 2 aromatic carbocycles. The van der Waals surface area contributed by atoms with E-state index in [2.05, 4.69) is 4.74 Å². The topological polar surface area (TPSA) is 38.8 Å². The van der Waals surface area contributed by atoms with Crippen LogP contribution in [0.4, 0.5) is 26.3 Å². The number of carbonyl (C=O) groups excluding carboxylic acids is 1. The van der Waals surface area contributed by atoms with Gasteiger partial charge in [-0.2, -0.15) is 0 Å². The van der Waals surface area contributed by atoms with Crippen LogP contribution in [0.3, 0.4) is 0 Å². The molecule has 0 aliphatic carbocycles. The summed E-state index contributed by atoms with van der Waals surface area (Å²) in [6.45, 7) is -0.227. The average molecular weight is 419 g/mol. The maximum Gasteiger partial charge on any atom is 0.573 e. The summed E-state index contributed by atoms with van der Waals surface area (Å²) >= 11 is 0. The highest BCUT2D eigenvalue weighted by atomic mass is 19.4. The molecule has 4 nitrogen and oxygen atoms in total. The van der Waals surface area contributed by atoms with E-state index < -0.39 is 54.0 Å². The summed E-state index contributed by atoms with van der Waals surface area (Å²) in [6, 6.07) is 5.15. The molecule has 0 aromatic heterocycles. The van der Waals surface area contributed by atoms with E-state index in [9.17, 15) is 31.1 Å². The number of halogens is 6. The minimum absolute atomic E-state index is 0.227. The van der Waals surface area contributed by atoms with Crippen molar-refractivity contribution in [2.24, 2.45) is 0 Å². The Bertz CT molecular complexity index is 900. The van der Waals surface area contributed by atoms with Crippen LogP contribution < -0.4 is 9.47 Å². The lowest BCUT2D eigenvalue weighted by Gasteiger charge is -2.26. The van der Waals surface area contributed by atoms with Crippen LogP contribution >= 0.6 is 0 Å². The van der Waals surface area contributed by atoms with Gasteiger partial charge >= 0.3 is 6.36 Å². The maximum absolute atomic E-state index is 14.4. The standard InChI is InChI=1S/C19H15F6NO3/c1-28-17-13(21)7-6-12(20)16(17)15-8-14(22)18(27)26(15)9-10-2-4-11(5-3-10)29-19(23,24)25/h2-7,14-15H,8-9H2,1H3/t14-,15+/m0/s1. The molecule has 10 heteroatoms. The number of benzene rings is 2. The molecule has 0 bridgehead atoms. The molecule has 0 radical (unpaired) electrons. The number of ether oxygens (including phenoxy) is 2. The number of hydrogen-bond donors (Lipinski definition) is 0. The van der Waals surface area contributed by atoms with E-state index in [-0.39, 0.29) is 12.1 Å². The number of hydrogen-bond acceptors (Lipinski definition) is 3. The molecule has 0 saturated carbocycles. The van der Waals surface area contributed by atoms with Gasteiger partial charge in [0.15, 0.2) is 17.7 Å². The number of nitrogens with zero attached hydrogens (tertiary/aromatic N) is 1. The average Bonchev–Trinajstić information content (AvgIpc) is 2.91. The first-order valence-electron chi connectivity index (χ1n) is 8.42. The van der Waals surface area contributed by atoms with Crippen LogP contribution in [0.15, 0.2) is 36.4 Å². The lowest BCUT2D eigenvalue weighted by molar-refractivity contribution is -0.274. The minimum atomic E-state index is -4.86. The van der Waals surface area contributed by atoms with Crippen molar-refractivity contribution in [3.63, 3.8) is 0 Å². The lowest BCUT2D eigenvalue weighted by atomic mass is 10.0. The van der Waals surface area contributed by atoms with Crippen LogP contribution in [0, 0.1) is 11.6 Å². The third-order valence-corrected chi connectivity index (χ3v) is 4.50. The van der Waals surface area contributed by atoms with Crippen molar-refractivity contribution >= 4 is 5.91 Å². The minimum Gasteiger partial charge on any atom is -0.493 e. The predicted molar refractivity (Wildman–Crippen MR) is 88.8 cm³/mol. The summed E-state index contributed by atoms with van der Waals surface area (Å²) in [7, 11) is 1.12. The second-order valence-corrected chi connectivity index (χ2v) is 6.35. The van der Waals surface area contributed by atoms with Gasteiger partial charge in [0.2, 0.25) is 0 Å². The number of amides is 1. The molecular weight excluding hydrogens is 404 g/mol. The first-order chi connectivity index (χ1) is 13.6. The Balaban J connectivity index is 1.90. The van der Waals surface area contributed by atoms with Gasteiger partial charge in [-0.05, 0) is 29.8 Å². The fourth-order valence-corrected chi connectivity index (χ4v) is 3.28. The Morgan fingerprint density at radius 1 is 1.07 bits per heavy atom. The van der Waals surface area contributed by atoms with E-state index >= 15 is 0 Å². The molecule has 2 aromatic rings. The van der Waals surface area contributed by atoms with Gasteiger partial charge in [0.05, 0.1) is 18.7 Å². The number of carbonyl (C=O) groups is 1. The Hall–Kier alpha value is -2.91. The summed E-state index contributed by atoms with van der Waals surface area (Å²) in [5, 5.41) is 0. The van der Waals surface area contributed by atoms with Crippen LogP contribution in [0.1, 0.15) is 23.6 Å². The molecular formula is C19H15F6NO3. The molecule has 3 rings (SSSR count). The zero-order valence-electron chi connectivity index (χ0n) is 15.0.